The molecule has 0 aliphatic carbocycles. The zero-order chi connectivity index (χ0) is 21.7. The second-order valence-electron chi connectivity index (χ2n) is 6.69. The average molecular weight is 412 g/mol. The molecule has 1 N–H and O–H groups in total. The maximum absolute atomic E-state index is 12.9. The van der Waals surface area contributed by atoms with Crippen molar-refractivity contribution < 1.29 is 28.9 Å². The molecule has 1 amide bonds. The molecule has 3 rings (SSSR count). The van der Waals surface area contributed by atoms with Gasteiger partial charge in [0.15, 0.2) is 0 Å². The lowest BCUT2D eigenvalue weighted by atomic mass is 9.96. The highest BCUT2D eigenvalue weighted by Gasteiger charge is 2.46. The molecule has 0 saturated carbocycles. The number of aliphatic hydroxyl groups excluding tert-OH is 1. The highest BCUT2D eigenvalue weighted by atomic mass is 16.5. The Morgan fingerprint density at radius 2 is 1.97 bits per heavy atom. The van der Waals surface area contributed by atoms with Crippen LogP contribution >= 0.6 is 0 Å². The van der Waals surface area contributed by atoms with Gasteiger partial charge >= 0.3 is 0 Å². The molecule has 2 heterocycles. The van der Waals surface area contributed by atoms with Crippen molar-refractivity contribution in [2.75, 3.05) is 34.5 Å². The number of amides is 1. The number of pyridine rings is 1. The molecule has 1 atom stereocenters. The van der Waals surface area contributed by atoms with Gasteiger partial charge in [0, 0.05) is 38.7 Å². The van der Waals surface area contributed by atoms with Crippen molar-refractivity contribution in [1.29, 1.82) is 0 Å². The molecule has 1 aliphatic heterocycles. The first-order chi connectivity index (χ1) is 14.5. The number of benzene rings is 1. The van der Waals surface area contributed by atoms with E-state index in [-0.39, 0.29) is 11.3 Å². The van der Waals surface area contributed by atoms with E-state index in [1.807, 2.05) is 0 Å². The fourth-order valence-corrected chi connectivity index (χ4v) is 3.51. The first-order valence-corrected chi connectivity index (χ1v) is 9.43. The van der Waals surface area contributed by atoms with E-state index in [1.54, 1.807) is 49.8 Å². The number of Topliss-reactive ketones (excluding diaryl/α,β-unsaturated/α-hetero) is 1. The summed E-state index contributed by atoms with van der Waals surface area (Å²) in [5.74, 6) is -0.879. The molecule has 30 heavy (non-hydrogen) atoms. The predicted octanol–water partition coefficient (Wildman–Crippen LogP) is 2.56. The normalized spacial score (nSPS) is 18.0. The van der Waals surface area contributed by atoms with Crippen molar-refractivity contribution in [1.82, 2.24) is 9.88 Å². The molecule has 1 saturated heterocycles. The summed E-state index contributed by atoms with van der Waals surface area (Å²) >= 11 is 0. The summed E-state index contributed by atoms with van der Waals surface area (Å²) in [5.41, 5.74) is 0.916. The molecule has 1 aliphatic rings. The summed E-state index contributed by atoms with van der Waals surface area (Å²) in [7, 11) is 4.54. The summed E-state index contributed by atoms with van der Waals surface area (Å²) in [5, 5.41) is 11.1. The Morgan fingerprint density at radius 3 is 2.60 bits per heavy atom. The number of ether oxygens (including phenoxy) is 3. The minimum atomic E-state index is -0.762. The van der Waals surface area contributed by atoms with Crippen LogP contribution in [-0.2, 0) is 14.3 Å². The van der Waals surface area contributed by atoms with Crippen molar-refractivity contribution in [3.05, 3.63) is 59.4 Å². The second kappa shape index (κ2) is 9.41. The number of ketones is 1. The van der Waals surface area contributed by atoms with Gasteiger partial charge in [0.2, 0.25) is 0 Å². The Bertz CT molecular complexity index is 957. The monoisotopic (exact) mass is 412 g/mol. The fraction of sp³-hybridized carbons (Fsp3) is 0.318. The van der Waals surface area contributed by atoms with E-state index in [0.29, 0.717) is 42.2 Å². The number of rotatable bonds is 8. The number of carbonyl (C=O) groups is 2. The van der Waals surface area contributed by atoms with Crippen LogP contribution in [0.5, 0.6) is 11.5 Å². The SMILES string of the molecule is COCCCN1C(=O)C(=O)/C(=C(\O)c2ccc(OC)cc2OC)C1c1cccnc1. The van der Waals surface area contributed by atoms with Gasteiger partial charge in [-0.05, 0) is 30.2 Å². The molecule has 0 bridgehead atoms. The molecule has 0 radical (unpaired) electrons. The standard InChI is InChI=1S/C22H24N2O6/c1-28-11-5-10-24-19(14-6-4-9-23-13-14)18(21(26)22(24)27)20(25)16-8-7-15(29-2)12-17(16)30-3/h4,6-9,12-13,19,25H,5,10-11H2,1-3H3/b20-18-. The van der Waals surface area contributed by atoms with Crippen LogP contribution in [0.4, 0.5) is 0 Å². The number of methoxy groups -OCH3 is 3. The smallest absolute Gasteiger partial charge is 0.295 e. The minimum absolute atomic E-state index is 0.00566. The summed E-state index contributed by atoms with van der Waals surface area (Å²) in [6, 6.07) is 7.56. The van der Waals surface area contributed by atoms with Gasteiger partial charge in [-0.15, -0.1) is 0 Å². The lowest BCUT2D eigenvalue weighted by Gasteiger charge is -2.25. The van der Waals surface area contributed by atoms with E-state index in [1.165, 1.54) is 19.1 Å². The summed E-state index contributed by atoms with van der Waals surface area (Å²) in [4.78, 5) is 31.3. The molecule has 1 unspecified atom stereocenters. The van der Waals surface area contributed by atoms with Crippen LogP contribution in [0.2, 0.25) is 0 Å². The zero-order valence-corrected chi connectivity index (χ0v) is 17.1. The predicted molar refractivity (Wildman–Crippen MR) is 109 cm³/mol. The van der Waals surface area contributed by atoms with Crippen molar-refractivity contribution >= 4 is 17.4 Å². The first-order valence-electron chi connectivity index (χ1n) is 9.43. The van der Waals surface area contributed by atoms with Crippen molar-refractivity contribution in [2.24, 2.45) is 0 Å². The number of aliphatic hydroxyl groups is 1. The summed E-state index contributed by atoms with van der Waals surface area (Å²) < 4.78 is 15.6. The molecule has 1 aromatic heterocycles. The highest BCUT2D eigenvalue weighted by Crippen LogP contribution is 2.41. The van der Waals surface area contributed by atoms with Crippen LogP contribution in [-0.4, -0.2) is 61.2 Å². The Morgan fingerprint density at radius 1 is 1.17 bits per heavy atom. The van der Waals surface area contributed by atoms with Crippen molar-refractivity contribution in [3.8, 4) is 11.5 Å². The van der Waals surface area contributed by atoms with E-state index >= 15 is 0 Å². The molecule has 1 aromatic carbocycles. The molecule has 2 aromatic rings. The second-order valence-corrected chi connectivity index (χ2v) is 6.69. The maximum atomic E-state index is 12.9. The van der Waals surface area contributed by atoms with E-state index in [9.17, 15) is 14.7 Å². The minimum Gasteiger partial charge on any atom is -0.507 e. The van der Waals surface area contributed by atoms with Gasteiger partial charge in [-0.2, -0.15) is 0 Å². The van der Waals surface area contributed by atoms with Crippen molar-refractivity contribution in [2.45, 2.75) is 12.5 Å². The third-order valence-electron chi connectivity index (χ3n) is 4.95. The number of carbonyl (C=O) groups excluding carboxylic acids is 2. The Labute approximate surface area is 174 Å². The molecule has 158 valence electrons. The maximum Gasteiger partial charge on any atom is 0.295 e. The molecule has 8 nitrogen and oxygen atoms in total. The van der Waals surface area contributed by atoms with Crippen LogP contribution in [0.3, 0.4) is 0 Å². The third-order valence-corrected chi connectivity index (χ3v) is 4.95. The topological polar surface area (TPSA) is 98.2 Å². The Kier molecular flexibility index (Phi) is 6.68. The van der Waals surface area contributed by atoms with E-state index in [4.69, 9.17) is 14.2 Å². The quantitative estimate of drug-likeness (QED) is 0.308. The number of hydrogen-bond acceptors (Lipinski definition) is 7. The van der Waals surface area contributed by atoms with E-state index in [2.05, 4.69) is 4.98 Å². The van der Waals surface area contributed by atoms with Crippen LogP contribution in [0.15, 0.2) is 48.3 Å². The van der Waals surface area contributed by atoms with Gasteiger partial charge in [0.1, 0.15) is 17.3 Å². The van der Waals surface area contributed by atoms with Gasteiger partial charge in [0.05, 0.1) is 31.4 Å². The zero-order valence-electron chi connectivity index (χ0n) is 17.1. The van der Waals surface area contributed by atoms with Crippen molar-refractivity contribution in [3.63, 3.8) is 0 Å². The van der Waals surface area contributed by atoms with E-state index in [0.717, 1.165) is 0 Å². The number of likely N-dealkylation sites (tertiary alicyclic amines) is 1. The van der Waals surface area contributed by atoms with Crippen LogP contribution in [0.1, 0.15) is 23.6 Å². The van der Waals surface area contributed by atoms with Gasteiger partial charge in [-0.25, -0.2) is 0 Å². The molecule has 1 fully saturated rings. The fourth-order valence-electron chi connectivity index (χ4n) is 3.51. The van der Waals surface area contributed by atoms with Crippen LogP contribution in [0.25, 0.3) is 5.76 Å². The number of aromatic nitrogens is 1. The largest absolute Gasteiger partial charge is 0.507 e. The lowest BCUT2D eigenvalue weighted by Crippen LogP contribution is -2.31. The molecule has 0 spiro atoms. The van der Waals surface area contributed by atoms with Crippen LogP contribution < -0.4 is 9.47 Å². The molecular formula is C22H24N2O6. The third kappa shape index (κ3) is 3.99. The Hall–Kier alpha value is -3.39. The number of nitrogens with zero attached hydrogens (tertiary/aromatic N) is 2. The summed E-state index contributed by atoms with van der Waals surface area (Å²) in [6.45, 7) is 0.740. The average Bonchev–Trinajstić information content (AvgIpc) is 3.04. The van der Waals surface area contributed by atoms with Gasteiger partial charge in [-0.1, -0.05) is 6.07 Å². The van der Waals surface area contributed by atoms with Gasteiger partial charge in [-0.3, -0.25) is 14.6 Å². The Balaban J connectivity index is 2.14. The molecular weight excluding hydrogens is 388 g/mol. The van der Waals surface area contributed by atoms with Gasteiger partial charge in [0.25, 0.3) is 11.7 Å². The lowest BCUT2D eigenvalue weighted by molar-refractivity contribution is -0.140. The number of hydrogen-bond donors (Lipinski definition) is 1. The summed E-state index contributed by atoms with van der Waals surface area (Å²) in [6.07, 6.45) is 3.73. The first kappa shape index (κ1) is 21.3. The van der Waals surface area contributed by atoms with Crippen LogP contribution in [0, 0.1) is 0 Å². The van der Waals surface area contributed by atoms with E-state index < -0.39 is 17.7 Å². The molecule has 8 heteroatoms. The highest BCUT2D eigenvalue weighted by molar-refractivity contribution is 6.46. The van der Waals surface area contributed by atoms with Gasteiger partial charge < -0.3 is 24.2 Å².